The van der Waals surface area contributed by atoms with Gasteiger partial charge in [0.2, 0.25) is 0 Å². The van der Waals surface area contributed by atoms with Gasteiger partial charge in [0, 0.05) is 17.6 Å². The topological polar surface area (TPSA) is 85.5 Å². The molecule has 4 aromatic rings. The van der Waals surface area contributed by atoms with Crippen LogP contribution in [0, 0.1) is 29.8 Å². The maximum atomic E-state index is 15.1. The van der Waals surface area contributed by atoms with E-state index < -0.39 is 16.8 Å². The highest BCUT2D eigenvalue weighted by Gasteiger charge is 2.43. The summed E-state index contributed by atoms with van der Waals surface area (Å²) >= 11 is 5.71. The standard InChI is InChI=1S/C27H24FN5O3S/c1-16-14-19(17(2)31(16)23-12-11-18(36-3)15-24(23)33(34)35)26-25(21-9-6-7-13-29-21)30-27(37)32(26)22-10-5-4-8-20(22)28/h4-15,25-26H,1-3H3,(H,30,37)/t25-,26-/m1/s1. The van der Waals surface area contributed by atoms with Crippen LogP contribution in [0.5, 0.6) is 5.75 Å². The van der Waals surface area contributed by atoms with Crippen LogP contribution in [0.15, 0.2) is 72.9 Å². The Morgan fingerprint density at radius 1 is 1.08 bits per heavy atom. The van der Waals surface area contributed by atoms with Gasteiger partial charge in [0.15, 0.2) is 5.11 Å². The van der Waals surface area contributed by atoms with Crippen LogP contribution in [0.3, 0.4) is 0 Å². The van der Waals surface area contributed by atoms with Crippen LogP contribution in [0.2, 0.25) is 0 Å². The molecule has 0 bridgehead atoms. The summed E-state index contributed by atoms with van der Waals surface area (Å²) < 4.78 is 22.1. The largest absolute Gasteiger partial charge is 0.496 e. The van der Waals surface area contributed by atoms with E-state index in [1.165, 1.54) is 19.2 Å². The maximum absolute atomic E-state index is 15.1. The van der Waals surface area contributed by atoms with E-state index in [0.717, 1.165) is 22.6 Å². The molecular weight excluding hydrogens is 493 g/mol. The zero-order valence-electron chi connectivity index (χ0n) is 20.4. The van der Waals surface area contributed by atoms with Crippen molar-refractivity contribution in [2.45, 2.75) is 25.9 Å². The minimum atomic E-state index is -0.462. The Morgan fingerprint density at radius 2 is 1.84 bits per heavy atom. The second-order valence-electron chi connectivity index (χ2n) is 8.72. The number of halogens is 1. The van der Waals surface area contributed by atoms with Crippen LogP contribution in [-0.2, 0) is 0 Å². The molecule has 1 saturated heterocycles. The zero-order chi connectivity index (χ0) is 26.3. The number of nitro groups is 1. The number of hydrogen-bond acceptors (Lipinski definition) is 5. The summed E-state index contributed by atoms with van der Waals surface area (Å²) in [6.07, 6.45) is 1.70. The molecule has 188 valence electrons. The molecule has 5 rings (SSSR count). The maximum Gasteiger partial charge on any atom is 0.296 e. The molecule has 0 radical (unpaired) electrons. The first-order valence-electron chi connectivity index (χ1n) is 11.6. The molecule has 1 N–H and O–H groups in total. The fraction of sp³-hybridized carbons (Fsp3) is 0.185. The number of ether oxygens (including phenoxy) is 1. The number of aryl methyl sites for hydroxylation is 1. The van der Waals surface area contributed by atoms with E-state index in [2.05, 4.69) is 10.3 Å². The SMILES string of the molecule is COc1ccc(-n2c(C)cc([C@@H]3[C@@H](c4ccccn4)NC(=S)N3c3ccccc3F)c2C)c([N+](=O)[O-])c1. The number of nitrogens with one attached hydrogen (secondary N) is 1. The summed E-state index contributed by atoms with van der Waals surface area (Å²) in [5, 5.41) is 15.7. The summed E-state index contributed by atoms with van der Waals surface area (Å²) in [6, 6.07) is 18.0. The van der Waals surface area contributed by atoms with Gasteiger partial charge in [-0.1, -0.05) is 18.2 Å². The predicted molar refractivity (Wildman–Crippen MR) is 143 cm³/mol. The minimum absolute atomic E-state index is 0.0833. The van der Waals surface area contributed by atoms with Crippen molar-refractivity contribution in [2.24, 2.45) is 0 Å². The molecule has 37 heavy (non-hydrogen) atoms. The molecule has 0 saturated carbocycles. The quantitative estimate of drug-likeness (QED) is 0.199. The fourth-order valence-corrected chi connectivity index (χ4v) is 5.34. The first-order valence-corrected chi connectivity index (χ1v) is 12.0. The number of hydrogen-bond donors (Lipinski definition) is 1. The number of benzene rings is 2. The third kappa shape index (κ3) is 4.19. The van der Waals surface area contributed by atoms with Crippen LogP contribution < -0.4 is 15.0 Å². The molecular formula is C27H24FN5O3S. The fourth-order valence-electron chi connectivity index (χ4n) is 5.00. The van der Waals surface area contributed by atoms with E-state index in [4.69, 9.17) is 17.0 Å². The Hall–Kier alpha value is -4.31. The summed E-state index contributed by atoms with van der Waals surface area (Å²) in [5.74, 6) is -0.0117. The van der Waals surface area contributed by atoms with Gasteiger partial charge in [-0.25, -0.2) is 4.39 Å². The van der Waals surface area contributed by atoms with Crippen LogP contribution in [0.4, 0.5) is 15.8 Å². The number of nitro benzene ring substituents is 1. The van der Waals surface area contributed by atoms with E-state index in [1.807, 2.05) is 42.7 Å². The van der Waals surface area contributed by atoms with Crippen molar-refractivity contribution >= 4 is 28.7 Å². The van der Waals surface area contributed by atoms with Gasteiger partial charge in [-0.3, -0.25) is 15.1 Å². The molecule has 0 unspecified atom stereocenters. The second kappa shape index (κ2) is 9.62. The average Bonchev–Trinajstić information content (AvgIpc) is 3.39. The Labute approximate surface area is 218 Å². The van der Waals surface area contributed by atoms with Crippen LogP contribution in [-0.4, -0.2) is 26.7 Å². The molecule has 3 heterocycles. The molecule has 1 fully saturated rings. The van der Waals surface area contributed by atoms with Crippen LogP contribution in [0.25, 0.3) is 5.69 Å². The van der Waals surface area contributed by atoms with E-state index in [-0.39, 0.29) is 11.7 Å². The molecule has 0 aliphatic carbocycles. The number of rotatable bonds is 6. The first-order chi connectivity index (χ1) is 17.8. The number of nitrogens with zero attached hydrogens (tertiary/aromatic N) is 4. The van der Waals surface area contributed by atoms with Gasteiger partial charge in [0.05, 0.1) is 41.6 Å². The third-order valence-corrected chi connectivity index (χ3v) is 6.93. The minimum Gasteiger partial charge on any atom is -0.496 e. The number of methoxy groups -OCH3 is 1. The molecule has 1 aliphatic rings. The predicted octanol–water partition coefficient (Wildman–Crippen LogP) is 5.72. The zero-order valence-corrected chi connectivity index (χ0v) is 21.2. The van der Waals surface area contributed by atoms with Gasteiger partial charge in [0.25, 0.3) is 5.69 Å². The molecule has 2 atom stereocenters. The molecule has 8 nitrogen and oxygen atoms in total. The van der Waals surface area contributed by atoms with Crippen molar-refractivity contribution in [1.82, 2.24) is 14.9 Å². The normalized spacial score (nSPS) is 17.1. The molecule has 10 heteroatoms. The number of anilines is 1. The Balaban J connectivity index is 1.72. The van der Waals surface area contributed by atoms with E-state index in [0.29, 0.717) is 22.2 Å². The highest BCUT2D eigenvalue weighted by molar-refractivity contribution is 7.80. The Bertz CT molecular complexity index is 1510. The summed E-state index contributed by atoms with van der Waals surface area (Å²) in [6.45, 7) is 3.78. The number of thiocarbonyl (C=S) groups is 1. The third-order valence-electron chi connectivity index (χ3n) is 6.62. The van der Waals surface area contributed by atoms with Crippen molar-refractivity contribution in [3.63, 3.8) is 0 Å². The highest BCUT2D eigenvalue weighted by Crippen LogP contribution is 2.45. The lowest BCUT2D eigenvalue weighted by Gasteiger charge is -2.28. The first kappa shape index (κ1) is 24.4. The van der Waals surface area contributed by atoms with Gasteiger partial charge in [0.1, 0.15) is 17.3 Å². The number of pyridine rings is 1. The molecule has 0 spiro atoms. The number of aromatic nitrogens is 2. The van der Waals surface area contributed by atoms with Crippen molar-refractivity contribution < 1.29 is 14.1 Å². The van der Waals surface area contributed by atoms with Crippen molar-refractivity contribution in [3.05, 3.63) is 112 Å². The van der Waals surface area contributed by atoms with Crippen LogP contribution in [0.1, 0.15) is 34.7 Å². The van der Waals surface area contributed by atoms with Crippen LogP contribution >= 0.6 is 12.2 Å². The molecule has 1 aliphatic heterocycles. The van der Waals surface area contributed by atoms with Crippen molar-refractivity contribution in [1.29, 1.82) is 0 Å². The van der Waals surface area contributed by atoms with Gasteiger partial charge >= 0.3 is 0 Å². The van der Waals surface area contributed by atoms with E-state index >= 15 is 4.39 Å². The number of para-hydroxylation sites is 1. The van der Waals surface area contributed by atoms with E-state index in [1.54, 1.807) is 41.4 Å². The average molecular weight is 518 g/mol. The lowest BCUT2D eigenvalue weighted by atomic mass is 9.96. The van der Waals surface area contributed by atoms with Gasteiger partial charge in [-0.05, 0) is 74.1 Å². The lowest BCUT2D eigenvalue weighted by Crippen LogP contribution is -2.30. The molecule has 2 aromatic carbocycles. The summed E-state index contributed by atoms with van der Waals surface area (Å²) in [4.78, 5) is 17.8. The monoisotopic (exact) mass is 517 g/mol. The van der Waals surface area contributed by atoms with Crippen molar-refractivity contribution in [2.75, 3.05) is 12.0 Å². The molecule has 2 aromatic heterocycles. The second-order valence-corrected chi connectivity index (χ2v) is 9.11. The Morgan fingerprint density at radius 3 is 2.51 bits per heavy atom. The summed E-state index contributed by atoms with van der Waals surface area (Å²) in [7, 11) is 1.47. The van der Waals surface area contributed by atoms with Gasteiger partial charge < -0.3 is 19.5 Å². The summed E-state index contributed by atoms with van der Waals surface area (Å²) in [5.41, 5.74) is 3.80. The lowest BCUT2D eigenvalue weighted by molar-refractivity contribution is -0.384. The molecule has 0 amide bonds. The van der Waals surface area contributed by atoms with Gasteiger partial charge in [-0.2, -0.15) is 0 Å². The smallest absolute Gasteiger partial charge is 0.296 e. The van der Waals surface area contributed by atoms with Gasteiger partial charge in [-0.15, -0.1) is 0 Å². The van der Waals surface area contributed by atoms with E-state index in [9.17, 15) is 10.1 Å². The highest BCUT2D eigenvalue weighted by atomic mass is 32.1. The Kier molecular flexibility index (Phi) is 6.34. The van der Waals surface area contributed by atoms with Crippen molar-refractivity contribution in [3.8, 4) is 11.4 Å².